The molecule has 7 heteroatoms. The lowest BCUT2D eigenvalue weighted by Gasteiger charge is -2.09. The Hall–Kier alpha value is -2.86. The van der Waals surface area contributed by atoms with Crippen molar-refractivity contribution in [3.63, 3.8) is 0 Å². The molecule has 0 spiro atoms. The summed E-state index contributed by atoms with van der Waals surface area (Å²) in [5.74, 6) is -0.780. The largest absolute Gasteiger partial charge is 0.482 e. The summed E-state index contributed by atoms with van der Waals surface area (Å²) in [4.78, 5) is 33.9. The summed E-state index contributed by atoms with van der Waals surface area (Å²) in [6.45, 7) is 1.08. The molecule has 2 aromatic carbocycles. The number of halogens is 1. The molecule has 0 aliphatic rings. The summed E-state index contributed by atoms with van der Waals surface area (Å²) < 4.78 is 10.0. The zero-order chi connectivity index (χ0) is 18.2. The van der Waals surface area contributed by atoms with Gasteiger partial charge in [0.1, 0.15) is 12.0 Å². The lowest BCUT2D eigenvalue weighted by atomic mass is 10.2. The highest BCUT2D eigenvalue weighted by Gasteiger charge is 2.10. The first kappa shape index (κ1) is 18.5. The molecule has 0 atom stereocenters. The van der Waals surface area contributed by atoms with Crippen LogP contribution < -0.4 is 10.1 Å². The molecular formula is C18H16ClNO5. The second kappa shape index (κ2) is 8.84. The van der Waals surface area contributed by atoms with E-state index in [4.69, 9.17) is 21.1 Å². The van der Waals surface area contributed by atoms with E-state index in [1.54, 1.807) is 42.5 Å². The van der Waals surface area contributed by atoms with Gasteiger partial charge in [-0.1, -0.05) is 17.7 Å². The normalized spacial score (nSPS) is 10.0. The van der Waals surface area contributed by atoms with Crippen LogP contribution >= 0.6 is 11.6 Å². The van der Waals surface area contributed by atoms with Gasteiger partial charge in [-0.15, -0.1) is 0 Å². The van der Waals surface area contributed by atoms with E-state index in [1.807, 2.05) is 6.92 Å². The smallest absolute Gasteiger partial charge is 0.344 e. The van der Waals surface area contributed by atoms with E-state index in [-0.39, 0.29) is 6.61 Å². The third-order valence-electron chi connectivity index (χ3n) is 3.14. The zero-order valence-corrected chi connectivity index (χ0v) is 14.2. The Morgan fingerprint density at radius 2 is 1.84 bits per heavy atom. The Morgan fingerprint density at radius 3 is 2.48 bits per heavy atom. The zero-order valence-electron chi connectivity index (χ0n) is 13.5. The fraction of sp³-hybridized carbons (Fsp3) is 0.167. The number of amides is 1. The van der Waals surface area contributed by atoms with Gasteiger partial charge in [-0.05, 0) is 48.9 Å². The SMILES string of the molecule is Cc1ccc(NC(=O)COC(=O)COc2ccc(C=O)cc2)c(Cl)c1. The van der Waals surface area contributed by atoms with E-state index in [0.29, 0.717) is 28.3 Å². The van der Waals surface area contributed by atoms with Crippen LogP contribution in [-0.2, 0) is 14.3 Å². The van der Waals surface area contributed by atoms with Gasteiger partial charge in [-0.25, -0.2) is 4.79 Å². The Bertz CT molecular complexity index is 774. The minimum atomic E-state index is -0.690. The molecule has 130 valence electrons. The van der Waals surface area contributed by atoms with Crippen molar-refractivity contribution in [2.75, 3.05) is 18.5 Å². The Kier molecular flexibility index (Phi) is 6.54. The number of anilines is 1. The second-order valence-electron chi connectivity index (χ2n) is 5.17. The van der Waals surface area contributed by atoms with Crippen LogP contribution in [0.4, 0.5) is 5.69 Å². The van der Waals surface area contributed by atoms with E-state index in [2.05, 4.69) is 5.32 Å². The highest BCUT2D eigenvalue weighted by Crippen LogP contribution is 2.22. The summed E-state index contributed by atoms with van der Waals surface area (Å²) in [6.07, 6.45) is 0.705. The minimum Gasteiger partial charge on any atom is -0.482 e. The second-order valence-corrected chi connectivity index (χ2v) is 5.57. The first-order valence-corrected chi connectivity index (χ1v) is 7.75. The number of aryl methyl sites for hydroxylation is 1. The van der Waals surface area contributed by atoms with Crippen molar-refractivity contribution in [1.82, 2.24) is 0 Å². The molecule has 0 radical (unpaired) electrons. The molecule has 0 fully saturated rings. The van der Waals surface area contributed by atoms with E-state index >= 15 is 0 Å². The van der Waals surface area contributed by atoms with Crippen LogP contribution in [0.1, 0.15) is 15.9 Å². The summed E-state index contributed by atoms with van der Waals surface area (Å²) in [7, 11) is 0. The standard InChI is InChI=1S/C18H16ClNO5/c1-12-2-7-16(15(19)8-12)20-17(22)10-25-18(23)11-24-14-5-3-13(9-21)4-6-14/h2-9H,10-11H2,1H3,(H,20,22). The summed E-state index contributed by atoms with van der Waals surface area (Å²) in [5.41, 5.74) is 1.91. The predicted molar refractivity (Wildman–Crippen MR) is 93.1 cm³/mol. The van der Waals surface area contributed by atoms with Gasteiger partial charge in [-0.3, -0.25) is 9.59 Å². The molecule has 1 amide bonds. The summed E-state index contributed by atoms with van der Waals surface area (Å²) in [5, 5.41) is 2.96. The number of carbonyl (C=O) groups excluding carboxylic acids is 3. The Morgan fingerprint density at radius 1 is 1.12 bits per heavy atom. The Balaban J connectivity index is 1.75. The average molecular weight is 362 g/mol. The summed E-state index contributed by atoms with van der Waals surface area (Å²) >= 11 is 6.01. The van der Waals surface area contributed by atoms with Crippen molar-refractivity contribution >= 4 is 35.5 Å². The van der Waals surface area contributed by atoms with Crippen LogP contribution in [0.3, 0.4) is 0 Å². The van der Waals surface area contributed by atoms with Gasteiger partial charge in [0.25, 0.3) is 5.91 Å². The monoisotopic (exact) mass is 361 g/mol. The van der Waals surface area contributed by atoms with Crippen molar-refractivity contribution < 1.29 is 23.9 Å². The minimum absolute atomic E-state index is 0.348. The molecule has 0 aliphatic heterocycles. The number of aldehydes is 1. The quantitative estimate of drug-likeness (QED) is 0.605. The van der Waals surface area contributed by atoms with Gasteiger partial charge < -0.3 is 14.8 Å². The first-order valence-electron chi connectivity index (χ1n) is 7.37. The highest BCUT2D eigenvalue weighted by atomic mass is 35.5. The van der Waals surface area contributed by atoms with Gasteiger partial charge in [-0.2, -0.15) is 0 Å². The number of hydrogen-bond acceptors (Lipinski definition) is 5. The average Bonchev–Trinajstić information content (AvgIpc) is 2.61. The molecule has 0 aromatic heterocycles. The van der Waals surface area contributed by atoms with E-state index < -0.39 is 18.5 Å². The lowest BCUT2D eigenvalue weighted by molar-refractivity contribution is -0.149. The number of rotatable bonds is 7. The number of nitrogens with one attached hydrogen (secondary N) is 1. The fourth-order valence-electron chi connectivity index (χ4n) is 1.88. The maximum Gasteiger partial charge on any atom is 0.344 e. The maximum atomic E-state index is 11.8. The molecule has 0 saturated heterocycles. The summed E-state index contributed by atoms with van der Waals surface area (Å²) in [6, 6.07) is 11.4. The van der Waals surface area contributed by atoms with Crippen molar-refractivity contribution in [3.05, 3.63) is 58.6 Å². The molecule has 6 nitrogen and oxygen atoms in total. The number of esters is 1. The highest BCUT2D eigenvalue weighted by molar-refractivity contribution is 6.33. The molecule has 0 unspecified atom stereocenters. The molecule has 0 heterocycles. The topological polar surface area (TPSA) is 81.7 Å². The van der Waals surface area contributed by atoms with Gasteiger partial charge in [0.05, 0.1) is 10.7 Å². The lowest BCUT2D eigenvalue weighted by Crippen LogP contribution is -2.23. The number of carbonyl (C=O) groups is 3. The molecule has 2 rings (SSSR count). The fourth-order valence-corrected chi connectivity index (χ4v) is 2.16. The van der Waals surface area contributed by atoms with Crippen molar-refractivity contribution in [1.29, 1.82) is 0 Å². The van der Waals surface area contributed by atoms with E-state index in [1.165, 1.54) is 0 Å². The molecule has 0 saturated carbocycles. The van der Waals surface area contributed by atoms with E-state index in [0.717, 1.165) is 5.56 Å². The third-order valence-corrected chi connectivity index (χ3v) is 3.45. The number of ether oxygens (including phenoxy) is 2. The van der Waals surface area contributed by atoms with Gasteiger partial charge >= 0.3 is 5.97 Å². The molecule has 1 N–H and O–H groups in total. The van der Waals surface area contributed by atoms with Crippen LogP contribution in [0.15, 0.2) is 42.5 Å². The van der Waals surface area contributed by atoms with Crippen LogP contribution in [0, 0.1) is 6.92 Å². The maximum absolute atomic E-state index is 11.8. The van der Waals surface area contributed by atoms with Crippen molar-refractivity contribution in [2.45, 2.75) is 6.92 Å². The van der Waals surface area contributed by atoms with Gasteiger partial charge in [0, 0.05) is 5.56 Å². The molecular weight excluding hydrogens is 346 g/mol. The van der Waals surface area contributed by atoms with Gasteiger partial charge in [0.15, 0.2) is 13.2 Å². The number of hydrogen-bond donors (Lipinski definition) is 1. The van der Waals surface area contributed by atoms with Crippen molar-refractivity contribution in [2.24, 2.45) is 0 Å². The van der Waals surface area contributed by atoms with Gasteiger partial charge in [0.2, 0.25) is 0 Å². The molecule has 25 heavy (non-hydrogen) atoms. The molecule has 0 aliphatic carbocycles. The molecule has 0 bridgehead atoms. The molecule has 2 aromatic rings. The van der Waals surface area contributed by atoms with Crippen LogP contribution in [-0.4, -0.2) is 31.4 Å². The Labute approximate surface area is 149 Å². The first-order chi connectivity index (χ1) is 12.0. The van der Waals surface area contributed by atoms with E-state index in [9.17, 15) is 14.4 Å². The van der Waals surface area contributed by atoms with Crippen LogP contribution in [0.2, 0.25) is 5.02 Å². The van der Waals surface area contributed by atoms with Crippen LogP contribution in [0.5, 0.6) is 5.75 Å². The van der Waals surface area contributed by atoms with Crippen molar-refractivity contribution in [3.8, 4) is 5.75 Å². The predicted octanol–water partition coefficient (Wildman–Crippen LogP) is 3.02. The number of benzene rings is 2. The third kappa shape index (κ3) is 5.93. The van der Waals surface area contributed by atoms with Crippen LogP contribution in [0.25, 0.3) is 0 Å².